The Bertz CT molecular complexity index is 132. The topological polar surface area (TPSA) is 35.2 Å². The number of hydrogen-bond acceptors (Lipinski definition) is 2. The van der Waals surface area contributed by atoms with Crippen molar-refractivity contribution in [1.82, 2.24) is 0 Å². The summed E-state index contributed by atoms with van der Waals surface area (Å²) in [5.74, 6) is 0. The minimum Gasteiger partial charge on any atom is -0.378 e. The number of nitrogens with two attached hydrogens (primary N) is 1. The van der Waals surface area contributed by atoms with Crippen LogP contribution in [0.1, 0.15) is 58.3 Å². The standard InChI is InChI=1S/C12H25NO/c1-2-11(13)7-6-10-14-12-8-4-3-5-9-12/h11-12H,2-10,13H2,1H3. The van der Waals surface area contributed by atoms with E-state index in [2.05, 4.69) is 6.92 Å². The van der Waals surface area contributed by atoms with Crippen molar-refractivity contribution in [3.8, 4) is 0 Å². The van der Waals surface area contributed by atoms with Crippen LogP contribution in [0.5, 0.6) is 0 Å². The van der Waals surface area contributed by atoms with E-state index in [0.29, 0.717) is 12.1 Å². The molecule has 0 heterocycles. The van der Waals surface area contributed by atoms with E-state index in [-0.39, 0.29) is 0 Å². The van der Waals surface area contributed by atoms with Crippen molar-refractivity contribution >= 4 is 0 Å². The molecule has 1 aliphatic rings. The molecule has 1 unspecified atom stereocenters. The largest absolute Gasteiger partial charge is 0.378 e. The Kier molecular flexibility index (Phi) is 6.20. The van der Waals surface area contributed by atoms with Crippen molar-refractivity contribution in [3.63, 3.8) is 0 Å². The fourth-order valence-electron chi connectivity index (χ4n) is 2.03. The lowest BCUT2D eigenvalue weighted by Gasteiger charge is -2.22. The van der Waals surface area contributed by atoms with Gasteiger partial charge in [-0.2, -0.15) is 0 Å². The third-order valence-corrected chi connectivity index (χ3v) is 3.15. The Morgan fingerprint density at radius 3 is 2.64 bits per heavy atom. The zero-order valence-electron chi connectivity index (χ0n) is 9.50. The SMILES string of the molecule is CCC(N)CCCOC1CCCCC1. The summed E-state index contributed by atoms with van der Waals surface area (Å²) >= 11 is 0. The van der Waals surface area contributed by atoms with Crippen molar-refractivity contribution in [2.45, 2.75) is 70.4 Å². The maximum absolute atomic E-state index is 5.84. The molecule has 0 spiro atoms. The van der Waals surface area contributed by atoms with Crippen molar-refractivity contribution in [1.29, 1.82) is 0 Å². The van der Waals surface area contributed by atoms with Gasteiger partial charge in [0.2, 0.25) is 0 Å². The Hall–Kier alpha value is -0.0800. The third kappa shape index (κ3) is 4.97. The van der Waals surface area contributed by atoms with Crippen LogP contribution in [0.2, 0.25) is 0 Å². The van der Waals surface area contributed by atoms with E-state index >= 15 is 0 Å². The highest BCUT2D eigenvalue weighted by molar-refractivity contribution is 4.65. The second-order valence-corrected chi connectivity index (χ2v) is 4.44. The van der Waals surface area contributed by atoms with E-state index in [1.54, 1.807) is 0 Å². The Balaban J connectivity index is 1.92. The summed E-state index contributed by atoms with van der Waals surface area (Å²) in [6.07, 6.45) is 10.6. The van der Waals surface area contributed by atoms with Crippen LogP contribution >= 0.6 is 0 Å². The summed E-state index contributed by atoms with van der Waals surface area (Å²) < 4.78 is 5.82. The molecular weight excluding hydrogens is 174 g/mol. The molecule has 1 rings (SSSR count). The first-order valence-corrected chi connectivity index (χ1v) is 6.20. The van der Waals surface area contributed by atoms with Gasteiger partial charge in [0.05, 0.1) is 6.10 Å². The normalized spacial score (nSPS) is 21.0. The maximum atomic E-state index is 5.84. The Morgan fingerprint density at radius 1 is 1.29 bits per heavy atom. The number of ether oxygens (including phenoxy) is 1. The van der Waals surface area contributed by atoms with Crippen LogP contribution in [0, 0.1) is 0 Å². The lowest BCUT2D eigenvalue weighted by molar-refractivity contribution is 0.0259. The highest BCUT2D eigenvalue weighted by Gasteiger charge is 2.13. The first-order chi connectivity index (χ1) is 6.83. The van der Waals surface area contributed by atoms with Gasteiger partial charge in [0.25, 0.3) is 0 Å². The van der Waals surface area contributed by atoms with E-state index in [1.807, 2.05) is 0 Å². The molecule has 0 aromatic heterocycles. The van der Waals surface area contributed by atoms with Crippen molar-refractivity contribution in [2.24, 2.45) is 5.73 Å². The molecule has 84 valence electrons. The fraction of sp³-hybridized carbons (Fsp3) is 1.00. The highest BCUT2D eigenvalue weighted by Crippen LogP contribution is 2.20. The molecule has 1 aliphatic carbocycles. The lowest BCUT2D eigenvalue weighted by Crippen LogP contribution is -2.21. The molecule has 1 fully saturated rings. The molecule has 2 N–H and O–H groups in total. The van der Waals surface area contributed by atoms with Crippen LogP contribution < -0.4 is 5.73 Å². The average molecular weight is 199 g/mol. The van der Waals surface area contributed by atoms with Gasteiger partial charge < -0.3 is 10.5 Å². The fourth-order valence-corrected chi connectivity index (χ4v) is 2.03. The first kappa shape index (κ1) is 12.0. The van der Waals surface area contributed by atoms with Gasteiger partial charge >= 0.3 is 0 Å². The summed E-state index contributed by atoms with van der Waals surface area (Å²) in [5, 5.41) is 0. The Labute approximate surface area is 88.2 Å². The number of hydrogen-bond donors (Lipinski definition) is 1. The zero-order valence-corrected chi connectivity index (χ0v) is 9.50. The van der Waals surface area contributed by atoms with Gasteiger partial charge in [0.15, 0.2) is 0 Å². The van der Waals surface area contributed by atoms with Crippen molar-refractivity contribution < 1.29 is 4.74 Å². The van der Waals surface area contributed by atoms with E-state index in [9.17, 15) is 0 Å². The van der Waals surface area contributed by atoms with Gasteiger partial charge in [-0.05, 0) is 32.1 Å². The number of rotatable bonds is 6. The van der Waals surface area contributed by atoms with Crippen LogP contribution in [0.3, 0.4) is 0 Å². The molecule has 14 heavy (non-hydrogen) atoms. The maximum Gasteiger partial charge on any atom is 0.0575 e. The second kappa shape index (κ2) is 7.24. The van der Waals surface area contributed by atoms with E-state index in [1.165, 1.54) is 32.1 Å². The van der Waals surface area contributed by atoms with Gasteiger partial charge in [0.1, 0.15) is 0 Å². The molecule has 2 nitrogen and oxygen atoms in total. The summed E-state index contributed by atoms with van der Waals surface area (Å²) in [4.78, 5) is 0. The van der Waals surface area contributed by atoms with Gasteiger partial charge in [-0.15, -0.1) is 0 Å². The summed E-state index contributed by atoms with van der Waals surface area (Å²) in [6.45, 7) is 3.06. The first-order valence-electron chi connectivity index (χ1n) is 6.20. The van der Waals surface area contributed by atoms with E-state index in [0.717, 1.165) is 25.9 Å². The van der Waals surface area contributed by atoms with Gasteiger partial charge in [-0.1, -0.05) is 26.2 Å². The summed E-state index contributed by atoms with van der Waals surface area (Å²) in [6, 6.07) is 0.380. The molecule has 0 bridgehead atoms. The molecule has 1 atom stereocenters. The monoisotopic (exact) mass is 199 g/mol. The highest BCUT2D eigenvalue weighted by atomic mass is 16.5. The van der Waals surface area contributed by atoms with Crippen LogP contribution in [0.4, 0.5) is 0 Å². The molecule has 0 aromatic carbocycles. The molecule has 1 saturated carbocycles. The molecule has 0 saturated heterocycles. The van der Waals surface area contributed by atoms with Crippen LogP contribution in [0.25, 0.3) is 0 Å². The smallest absolute Gasteiger partial charge is 0.0575 e. The van der Waals surface area contributed by atoms with E-state index < -0.39 is 0 Å². The molecule has 0 aliphatic heterocycles. The van der Waals surface area contributed by atoms with Gasteiger partial charge in [-0.25, -0.2) is 0 Å². The quantitative estimate of drug-likeness (QED) is 0.668. The Morgan fingerprint density at radius 2 is 2.00 bits per heavy atom. The molecule has 2 heteroatoms. The van der Waals surface area contributed by atoms with Gasteiger partial charge in [-0.3, -0.25) is 0 Å². The predicted molar refractivity (Wildman–Crippen MR) is 60.3 cm³/mol. The van der Waals surface area contributed by atoms with E-state index in [4.69, 9.17) is 10.5 Å². The van der Waals surface area contributed by atoms with Crippen LogP contribution in [0.15, 0.2) is 0 Å². The van der Waals surface area contributed by atoms with Crippen LogP contribution in [-0.4, -0.2) is 18.8 Å². The predicted octanol–water partition coefficient (Wildman–Crippen LogP) is 2.85. The lowest BCUT2D eigenvalue weighted by atomic mass is 9.98. The molecule has 0 radical (unpaired) electrons. The summed E-state index contributed by atoms with van der Waals surface area (Å²) in [7, 11) is 0. The van der Waals surface area contributed by atoms with Crippen molar-refractivity contribution in [3.05, 3.63) is 0 Å². The van der Waals surface area contributed by atoms with Crippen LogP contribution in [-0.2, 0) is 4.74 Å². The zero-order chi connectivity index (χ0) is 10.2. The average Bonchev–Trinajstić information content (AvgIpc) is 2.25. The third-order valence-electron chi connectivity index (χ3n) is 3.15. The molecule has 0 amide bonds. The minimum absolute atomic E-state index is 0.380. The molecule has 0 aromatic rings. The summed E-state index contributed by atoms with van der Waals surface area (Å²) in [5.41, 5.74) is 5.84. The molecular formula is C12H25NO. The second-order valence-electron chi connectivity index (χ2n) is 4.44. The van der Waals surface area contributed by atoms with Gasteiger partial charge in [0, 0.05) is 12.6 Å². The van der Waals surface area contributed by atoms with Crippen molar-refractivity contribution in [2.75, 3.05) is 6.61 Å². The minimum atomic E-state index is 0.380.